The molecule has 1 unspecified atom stereocenters. The van der Waals surface area contributed by atoms with Gasteiger partial charge < -0.3 is 15.2 Å². The van der Waals surface area contributed by atoms with E-state index in [4.69, 9.17) is 9.84 Å². The molecular weight excluding hydrogens is 226 g/mol. The molecule has 1 atom stereocenters. The Bertz CT molecular complexity index is 448. The maximum atomic E-state index is 11.9. The molecule has 0 spiro atoms. The van der Waals surface area contributed by atoms with Gasteiger partial charge in [-0.3, -0.25) is 9.48 Å². The number of carboxylic acid groups (broad SMARTS) is 1. The molecule has 2 N–H and O–H groups in total. The van der Waals surface area contributed by atoms with E-state index in [9.17, 15) is 9.59 Å². The predicted octanol–water partition coefficient (Wildman–Crippen LogP) is -0.606. The summed E-state index contributed by atoms with van der Waals surface area (Å²) in [5.41, 5.74) is -1.00. The van der Waals surface area contributed by atoms with Crippen LogP contribution in [-0.4, -0.2) is 45.5 Å². The molecule has 1 aliphatic heterocycles. The standard InChI is InChI=1S/C10H13N3O4/c1-13-7(2-4-11-13)8(14)12-10(9(15)16)3-5-17-6-10/h2,4H,3,5-6H2,1H3,(H,12,14)(H,15,16). The number of hydrogen-bond donors (Lipinski definition) is 2. The quantitative estimate of drug-likeness (QED) is 0.734. The predicted molar refractivity (Wildman–Crippen MR) is 56.5 cm³/mol. The first-order valence-electron chi connectivity index (χ1n) is 5.17. The Morgan fingerprint density at radius 1 is 1.65 bits per heavy atom. The van der Waals surface area contributed by atoms with E-state index < -0.39 is 17.4 Å². The topological polar surface area (TPSA) is 93.5 Å². The van der Waals surface area contributed by atoms with E-state index >= 15 is 0 Å². The van der Waals surface area contributed by atoms with Crippen molar-refractivity contribution in [3.63, 3.8) is 0 Å². The Labute approximate surface area is 97.4 Å². The molecule has 17 heavy (non-hydrogen) atoms. The van der Waals surface area contributed by atoms with E-state index in [1.807, 2.05) is 0 Å². The number of rotatable bonds is 3. The fraction of sp³-hybridized carbons (Fsp3) is 0.500. The van der Waals surface area contributed by atoms with Crippen LogP contribution in [0, 0.1) is 0 Å². The summed E-state index contributed by atoms with van der Waals surface area (Å²) in [7, 11) is 1.62. The summed E-state index contributed by atoms with van der Waals surface area (Å²) in [5, 5.41) is 15.5. The molecule has 7 nitrogen and oxygen atoms in total. The van der Waals surface area contributed by atoms with E-state index in [1.165, 1.54) is 16.9 Å². The summed E-state index contributed by atoms with van der Waals surface area (Å²) in [4.78, 5) is 23.1. The largest absolute Gasteiger partial charge is 0.479 e. The second-order valence-electron chi connectivity index (χ2n) is 3.98. The van der Waals surface area contributed by atoms with Crippen molar-refractivity contribution >= 4 is 11.9 Å². The smallest absolute Gasteiger partial charge is 0.331 e. The van der Waals surface area contributed by atoms with Crippen molar-refractivity contribution in [1.29, 1.82) is 0 Å². The number of aromatic nitrogens is 2. The Kier molecular flexibility index (Phi) is 2.84. The number of ether oxygens (including phenoxy) is 1. The van der Waals surface area contributed by atoms with Gasteiger partial charge >= 0.3 is 5.97 Å². The van der Waals surface area contributed by atoms with Crippen molar-refractivity contribution in [2.24, 2.45) is 7.05 Å². The zero-order chi connectivity index (χ0) is 12.5. The van der Waals surface area contributed by atoms with Crippen LogP contribution in [0.15, 0.2) is 12.3 Å². The average Bonchev–Trinajstić information content (AvgIpc) is 2.87. The molecule has 2 heterocycles. The van der Waals surface area contributed by atoms with Crippen LogP contribution in [0.4, 0.5) is 0 Å². The lowest BCUT2D eigenvalue weighted by Crippen LogP contribution is -2.55. The van der Waals surface area contributed by atoms with Gasteiger partial charge in [-0.05, 0) is 6.07 Å². The molecule has 1 saturated heterocycles. The second-order valence-corrected chi connectivity index (χ2v) is 3.98. The number of carboxylic acids is 1. The van der Waals surface area contributed by atoms with Crippen LogP contribution >= 0.6 is 0 Å². The summed E-state index contributed by atoms with van der Waals surface area (Å²) in [5.74, 6) is -1.54. The molecule has 92 valence electrons. The van der Waals surface area contributed by atoms with E-state index in [2.05, 4.69) is 10.4 Å². The number of aliphatic carboxylic acids is 1. The average molecular weight is 239 g/mol. The summed E-state index contributed by atoms with van der Waals surface area (Å²) >= 11 is 0. The summed E-state index contributed by atoms with van der Waals surface area (Å²) in [6.45, 7) is 0.323. The van der Waals surface area contributed by atoms with E-state index in [0.29, 0.717) is 12.3 Å². The first-order chi connectivity index (χ1) is 8.05. The van der Waals surface area contributed by atoms with Crippen molar-refractivity contribution in [3.8, 4) is 0 Å². The van der Waals surface area contributed by atoms with Gasteiger partial charge in [0.05, 0.1) is 6.61 Å². The highest BCUT2D eigenvalue weighted by Crippen LogP contribution is 2.19. The number of amides is 1. The second kappa shape index (κ2) is 4.17. The molecule has 1 aliphatic rings. The Morgan fingerprint density at radius 3 is 2.88 bits per heavy atom. The third-order valence-corrected chi connectivity index (χ3v) is 2.84. The summed E-state index contributed by atoms with van der Waals surface area (Å²) < 4.78 is 6.44. The molecule has 0 bridgehead atoms. The molecule has 1 aromatic rings. The van der Waals surface area contributed by atoms with Crippen molar-refractivity contribution in [3.05, 3.63) is 18.0 Å². The lowest BCUT2D eigenvalue weighted by atomic mass is 9.99. The SMILES string of the molecule is Cn1nccc1C(=O)NC1(C(=O)O)CCOC1. The fourth-order valence-electron chi connectivity index (χ4n) is 1.76. The van der Waals surface area contributed by atoms with Crippen LogP contribution in [0.1, 0.15) is 16.9 Å². The number of aryl methyl sites for hydroxylation is 1. The van der Waals surface area contributed by atoms with Crippen LogP contribution < -0.4 is 5.32 Å². The first kappa shape index (κ1) is 11.6. The monoisotopic (exact) mass is 239 g/mol. The Balaban J connectivity index is 2.17. The molecule has 1 amide bonds. The van der Waals surface area contributed by atoms with Gasteiger partial charge in [-0.1, -0.05) is 0 Å². The van der Waals surface area contributed by atoms with Gasteiger partial charge in [-0.2, -0.15) is 5.10 Å². The molecule has 0 aromatic carbocycles. The van der Waals surface area contributed by atoms with Crippen molar-refractivity contribution in [2.75, 3.05) is 13.2 Å². The van der Waals surface area contributed by atoms with Gasteiger partial charge in [0.25, 0.3) is 5.91 Å². The molecule has 1 fully saturated rings. The molecule has 1 aromatic heterocycles. The minimum Gasteiger partial charge on any atom is -0.479 e. The fourth-order valence-corrected chi connectivity index (χ4v) is 1.76. The highest BCUT2D eigenvalue weighted by Gasteiger charge is 2.44. The summed E-state index contributed by atoms with van der Waals surface area (Å²) in [6.07, 6.45) is 1.75. The molecule has 0 aliphatic carbocycles. The normalized spacial score (nSPS) is 23.6. The summed E-state index contributed by atoms with van der Waals surface area (Å²) in [6, 6.07) is 1.53. The van der Waals surface area contributed by atoms with Gasteiger partial charge in [0.2, 0.25) is 0 Å². The minimum absolute atomic E-state index is 0.00801. The number of nitrogens with one attached hydrogen (secondary N) is 1. The highest BCUT2D eigenvalue weighted by molar-refractivity contribution is 5.96. The molecule has 7 heteroatoms. The van der Waals surface area contributed by atoms with Crippen molar-refractivity contribution in [1.82, 2.24) is 15.1 Å². The van der Waals surface area contributed by atoms with Gasteiger partial charge in [0.1, 0.15) is 5.69 Å². The molecule has 2 rings (SSSR count). The van der Waals surface area contributed by atoms with Gasteiger partial charge in [-0.15, -0.1) is 0 Å². The van der Waals surface area contributed by atoms with Gasteiger partial charge in [-0.25, -0.2) is 4.79 Å². The highest BCUT2D eigenvalue weighted by atomic mass is 16.5. The zero-order valence-corrected chi connectivity index (χ0v) is 9.34. The third kappa shape index (κ3) is 2.01. The Hall–Kier alpha value is -1.89. The van der Waals surface area contributed by atoms with Crippen LogP contribution in [0.25, 0.3) is 0 Å². The van der Waals surface area contributed by atoms with E-state index in [0.717, 1.165) is 0 Å². The number of nitrogens with zero attached hydrogens (tertiary/aromatic N) is 2. The van der Waals surface area contributed by atoms with Crippen LogP contribution in [0.5, 0.6) is 0 Å². The van der Waals surface area contributed by atoms with E-state index in [-0.39, 0.29) is 13.0 Å². The van der Waals surface area contributed by atoms with Gasteiger partial charge in [0, 0.05) is 26.3 Å². The first-order valence-corrected chi connectivity index (χ1v) is 5.17. The lowest BCUT2D eigenvalue weighted by molar-refractivity contribution is -0.144. The lowest BCUT2D eigenvalue weighted by Gasteiger charge is -2.23. The maximum absolute atomic E-state index is 11.9. The molecule has 0 radical (unpaired) electrons. The molecule has 0 saturated carbocycles. The minimum atomic E-state index is -1.32. The van der Waals surface area contributed by atoms with Crippen LogP contribution in [0.3, 0.4) is 0 Å². The zero-order valence-electron chi connectivity index (χ0n) is 9.34. The Morgan fingerprint density at radius 2 is 2.41 bits per heavy atom. The van der Waals surface area contributed by atoms with Crippen molar-refractivity contribution in [2.45, 2.75) is 12.0 Å². The number of carbonyl (C=O) groups is 2. The number of carbonyl (C=O) groups excluding carboxylic acids is 1. The number of hydrogen-bond acceptors (Lipinski definition) is 4. The van der Waals surface area contributed by atoms with Crippen LogP contribution in [-0.2, 0) is 16.6 Å². The van der Waals surface area contributed by atoms with Gasteiger partial charge in [0.15, 0.2) is 5.54 Å². The van der Waals surface area contributed by atoms with E-state index in [1.54, 1.807) is 7.05 Å². The van der Waals surface area contributed by atoms with Crippen LogP contribution in [0.2, 0.25) is 0 Å². The maximum Gasteiger partial charge on any atom is 0.331 e. The van der Waals surface area contributed by atoms with Crippen molar-refractivity contribution < 1.29 is 19.4 Å². The molecular formula is C10H13N3O4. The third-order valence-electron chi connectivity index (χ3n) is 2.84.